The zero-order valence-corrected chi connectivity index (χ0v) is 16.7. The van der Waals surface area contributed by atoms with E-state index in [0.717, 1.165) is 16.6 Å². The number of carbonyl (C=O) groups is 1. The molecule has 0 spiro atoms. The second-order valence-electron chi connectivity index (χ2n) is 7.44. The molecule has 0 radical (unpaired) electrons. The summed E-state index contributed by atoms with van der Waals surface area (Å²) in [6.45, 7) is 0. The lowest BCUT2D eigenvalue weighted by atomic mass is 9.94. The summed E-state index contributed by atoms with van der Waals surface area (Å²) in [5, 5.41) is 4.35. The molecule has 4 nitrogen and oxygen atoms in total. The van der Waals surface area contributed by atoms with Gasteiger partial charge < -0.3 is 10.2 Å². The van der Waals surface area contributed by atoms with Crippen LogP contribution in [-0.2, 0) is 0 Å². The van der Waals surface area contributed by atoms with Crippen molar-refractivity contribution in [3.8, 4) is 0 Å². The first-order valence-corrected chi connectivity index (χ1v) is 10.2. The van der Waals surface area contributed by atoms with Crippen molar-refractivity contribution in [3.63, 3.8) is 0 Å². The number of fused-ring (bicyclic) bond motifs is 1. The number of amides is 1. The van der Waals surface area contributed by atoms with E-state index in [0.29, 0.717) is 22.3 Å². The smallest absolute Gasteiger partial charge is 0.257 e. The van der Waals surface area contributed by atoms with E-state index in [1.165, 1.54) is 32.1 Å². The number of rotatable bonds is 4. The van der Waals surface area contributed by atoms with Crippen LogP contribution >= 0.6 is 11.6 Å². The monoisotopic (exact) mass is 393 g/mol. The highest BCUT2D eigenvalue weighted by atomic mass is 35.5. The molecule has 1 N–H and O–H groups in total. The Kier molecular flexibility index (Phi) is 5.49. The molecule has 1 heterocycles. The van der Waals surface area contributed by atoms with Crippen LogP contribution in [0, 0.1) is 0 Å². The van der Waals surface area contributed by atoms with Crippen LogP contribution in [0.1, 0.15) is 42.5 Å². The maximum atomic E-state index is 12.7. The third kappa shape index (κ3) is 3.97. The molecule has 5 heteroatoms. The molecule has 1 amide bonds. The van der Waals surface area contributed by atoms with Gasteiger partial charge in [-0.3, -0.25) is 9.78 Å². The van der Waals surface area contributed by atoms with Gasteiger partial charge in [-0.05, 0) is 43.2 Å². The van der Waals surface area contributed by atoms with Crippen LogP contribution in [0.4, 0.5) is 11.4 Å². The number of aromatic nitrogens is 1. The number of benzene rings is 2. The Morgan fingerprint density at radius 2 is 1.89 bits per heavy atom. The maximum absolute atomic E-state index is 12.7. The van der Waals surface area contributed by atoms with E-state index < -0.39 is 0 Å². The predicted octanol–water partition coefficient (Wildman–Crippen LogP) is 5.91. The third-order valence-corrected chi connectivity index (χ3v) is 5.89. The van der Waals surface area contributed by atoms with E-state index in [9.17, 15) is 4.79 Å². The summed E-state index contributed by atoms with van der Waals surface area (Å²) >= 11 is 6.47. The lowest BCUT2D eigenvalue weighted by molar-refractivity contribution is 0.102. The second-order valence-corrected chi connectivity index (χ2v) is 7.84. The van der Waals surface area contributed by atoms with Crippen LogP contribution in [0.2, 0.25) is 5.02 Å². The van der Waals surface area contributed by atoms with Crippen molar-refractivity contribution in [2.45, 2.75) is 38.1 Å². The summed E-state index contributed by atoms with van der Waals surface area (Å²) in [5.41, 5.74) is 3.08. The van der Waals surface area contributed by atoms with E-state index in [4.69, 9.17) is 11.6 Å². The molecule has 0 atom stereocenters. The molecule has 1 aliphatic rings. The van der Waals surface area contributed by atoms with Gasteiger partial charge in [0.25, 0.3) is 5.91 Å². The Hall–Kier alpha value is -2.59. The van der Waals surface area contributed by atoms with Gasteiger partial charge in [0, 0.05) is 24.2 Å². The zero-order chi connectivity index (χ0) is 19.5. The SMILES string of the molecule is CN(c1ccc(C(=O)Nc2cnc3ccccc3c2)c(Cl)c1)C1CCCCC1. The van der Waals surface area contributed by atoms with Gasteiger partial charge in [0.05, 0.1) is 28.0 Å². The van der Waals surface area contributed by atoms with Gasteiger partial charge in [-0.1, -0.05) is 49.1 Å². The van der Waals surface area contributed by atoms with E-state index in [1.54, 1.807) is 12.3 Å². The Bertz CT molecular complexity index is 998. The summed E-state index contributed by atoms with van der Waals surface area (Å²) in [6, 6.07) is 16.0. The molecule has 0 saturated heterocycles. The second kappa shape index (κ2) is 8.19. The zero-order valence-electron chi connectivity index (χ0n) is 16.0. The predicted molar refractivity (Wildman–Crippen MR) is 116 cm³/mol. The minimum Gasteiger partial charge on any atom is -0.372 e. The molecule has 0 bridgehead atoms. The van der Waals surface area contributed by atoms with Gasteiger partial charge in [0.15, 0.2) is 0 Å². The molecule has 28 heavy (non-hydrogen) atoms. The number of hydrogen-bond donors (Lipinski definition) is 1. The van der Waals surface area contributed by atoms with Crippen LogP contribution in [0.3, 0.4) is 0 Å². The minimum absolute atomic E-state index is 0.228. The van der Waals surface area contributed by atoms with Gasteiger partial charge in [-0.25, -0.2) is 0 Å². The van der Waals surface area contributed by atoms with Crippen LogP contribution in [0.5, 0.6) is 0 Å². The molecule has 1 fully saturated rings. The summed E-state index contributed by atoms with van der Waals surface area (Å²) < 4.78 is 0. The first-order valence-electron chi connectivity index (χ1n) is 9.80. The summed E-state index contributed by atoms with van der Waals surface area (Å²) in [7, 11) is 2.11. The van der Waals surface area contributed by atoms with Crippen molar-refractivity contribution in [1.82, 2.24) is 4.98 Å². The van der Waals surface area contributed by atoms with Gasteiger partial charge >= 0.3 is 0 Å². The number of nitrogens with zero attached hydrogens (tertiary/aromatic N) is 2. The van der Waals surface area contributed by atoms with Crippen molar-refractivity contribution < 1.29 is 4.79 Å². The molecule has 0 unspecified atom stereocenters. The highest BCUT2D eigenvalue weighted by Crippen LogP contribution is 2.29. The van der Waals surface area contributed by atoms with Crippen LogP contribution in [-0.4, -0.2) is 24.0 Å². The van der Waals surface area contributed by atoms with Gasteiger partial charge in [-0.15, -0.1) is 0 Å². The van der Waals surface area contributed by atoms with E-state index in [-0.39, 0.29) is 5.91 Å². The molecule has 4 rings (SSSR count). The van der Waals surface area contributed by atoms with Crippen LogP contribution in [0.25, 0.3) is 10.9 Å². The van der Waals surface area contributed by atoms with Crippen molar-refractivity contribution >= 4 is 39.8 Å². The fourth-order valence-corrected chi connectivity index (χ4v) is 4.19. The standard InChI is InChI=1S/C23H24ClN3O/c1-27(18-8-3-2-4-9-18)19-11-12-20(21(24)14-19)23(28)26-17-13-16-7-5-6-10-22(16)25-15-17/h5-7,10-15,18H,2-4,8-9H2,1H3,(H,26,28). The molecule has 2 aromatic carbocycles. The Morgan fingerprint density at radius 1 is 1.11 bits per heavy atom. The van der Waals surface area contributed by atoms with Crippen molar-refractivity contribution in [3.05, 3.63) is 65.3 Å². The molecule has 1 saturated carbocycles. The lowest BCUT2D eigenvalue weighted by Gasteiger charge is -2.33. The molecule has 1 aromatic heterocycles. The number of nitrogens with one attached hydrogen (secondary N) is 1. The van der Waals surface area contributed by atoms with E-state index in [2.05, 4.69) is 22.2 Å². The summed E-state index contributed by atoms with van der Waals surface area (Å²) in [6.07, 6.45) is 7.98. The fourth-order valence-electron chi connectivity index (χ4n) is 3.92. The number of hydrogen-bond acceptors (Lipinski definition) is 3. The number of halogens is 1. The van der Waals surface area contributed by atoms with Gasteiger partial charge in [0.1, 0.15) is 0 Å². The Labute approximate surface area is 170 Å². The lowest BCUT2D eigenvalue weighted by Crippen LogP contribution is -2.33. The van der Waals surface area contributed by atoms with Crippen LogP contribution < -0.4 is 10.2 Å². The first kappa shape index (κ1) is 18.8. The molecular weight excluding hydrogens is 370 g/mol. The van der Waals surface area contributed by atoms with Crippen LogP contribution in [0.15, 0.2) is 54.7 Å². The quantitative estimate of drug-likeness (QED) is 0.599. The molecule has 1 aliphatic carbocycles. The van der Waals surface area contributed by atoms with Gasteiger partial charge in [-0.2, -0.15) is 0 Å². The number of carbonyl (C=O) groups excluding carboxylic acids is 1. The van der Waals surface area contributed by atoms with Gasteiger partial charge in [0.2, 0.25) is 0 Å². The highest BCUT2D eigenvalue weighted by Gasteiger charge is 2.20. The number of para-hydroxylation sites is 1. The third-order valence-electron chi connectivity index (χ3n) is 5.58. The highest BCUT2D eigenvalue weighted by molar-refractivity contribution is 6.34. The normalized spacial score (nSPS) is 14.8. The van der Waals surface area contributed by atoms with Crippen molar-refractivity contribution in [2.24, 2.45) is 0 Å². The number of pyridine rings is 1. The molecule has 0 aliphatic heterocycles. The molecule has 3 aromatic rings. The maximum Gasteiger partial charge on any atom is 0.257 e. The minimum atomic E-state index is -0.228. The molecular formula is C23H24ClN3O. The topological polar surface area (TPSA) is 45.2 Å². The summed E-state index contributed by atoms with van der Waals surface area (Å²) in [5.74, 6) is -0.228. The number of anilines is 2. The fraction of sp³-hybridized carbons (Fsp3) is 0.304. The van der Waals surface area contributed by atoms with E-state index in [1.807, 2.05) is 42.5 Å². The van der Waals surface area contributed by atoms with E-state index >= 15 is 0 Å². The average Bonchev–Trinajstić information content (AvgIpc) is 2.73. The average molecular weight is 394 g/mol. The summed E-state index contributed by atoms with van der Waals surface area (Å²) in [4.78, 5) is 19.4. The Balaban J connectivity index is 1.50. The molecule has 144 valence electrons. The van der Waals surface area contributed by atoms with Crippen molar-refractivity contribution in [1.29, 1.82) is 0 Å². The van der Waals surface area contributed by atoms with Crippen molar-refractivity contribution in [2.75, 3.05) is 17.3 Å². The Morgan fingerprint density at radius 3 is 2.68 bits per heavy atom. The largest absolute Gasteiger partial charge is 0.372 e. The first-order chi connectivity index (χ1) is 13.6.